The van der Waals surface area contributed by atoms with Gasteiger partial charge in [0.2, 0.25) is 0 Å². The van der Waals surface area contributed by atoms with Crippen LogP contribution in [-0.4, -0.2) is 5.78 Å². The lowest BCUT2D eigenvalue weighted by Crippen LogP contribution is -2.01. The van der Waals surface area contributed by atoms with Crippen molar-refractivity contribution >= 4 is 27.3 Å². The lowest BCUT2D eigenvalue weighted by atomic mass is 9.98. The maximum absolute atomic E-state index is 12.1. The minimum absolute atomic E-state index is 0.0382. The summed E-state index contributed by atoms with van der Waals surface area (Å²) in [5, 5.41) is 0. The fraction of sp³-hybridized carbons (Fsp3) is 0. The third-order valence-electron chi connectivity index (χ3n) is 2.48. The molecular formula is C15H11BrO. The number of benzene rings is 2. The van der Waals surface area contributed by atoms with E-state index in [4.69, 9.17) is 0 Å². The molecule has 0 radical (unpaired) electrons. The van der Waals surface area contributed by atoms with Gasteiger partial charge in [-0.1, -0.05) is 65.0 Å². The maximum Gasteiger partial charge on any atom is 0.193 e. The van der Waals surface area contributed by atoms with Gasteiger partial charge in [0.15, 0.2) is 5.78 Å². The normalized spacial score (nSPS) is 9.94. The summed E-state index contributed by atoms with van der Waals surface area (Å²) in [7, 11) is 0. The van der Waals surface area contributed by atoms with E-state index in [1.165, 1.54) is 0 Å². The molecule has 0 heterocycles. The first-order valence-corrected chi connectivity index (χ1v) is 6.02. The van der Waals surface area contributed by atoms with Crippen LogP contribution >= 0.6 is 15.9 Å². The highest BCUT2D eigenvalue weighted by atomic mass is 79.9. The van der Waals surface area contributed by atoms with Gasteiger partial charge in [0.05, 0.1) is 0 Å². The van der Waals surface area contributed by atoms with Crippen LogP contribution in [0.4, 0.5) is 0 Å². The molecule has 0 saturated carbocycles. The second kappa shape index (κ2) is 5.11. The lowest BCUT2D eigenvalue weighted by Gasteiger charge is -2.05. The van der Waals surface area contributed by atoms with Crippen molar-refractivity contribution in [3.8, 4) is 0 Å². The van der Waals surface area contributed by atoms with Gasteiger partial charge in [-0.15, -0.1) is 0 Å². The highest BCUT2D eigenvalue weighted by Crippen LogP contribution is 2.21. The average molecular weight is 287 g/mol. The molecule has 2 aromatic rings. The molecule has 0 bridgehead atoms. The van der Waals surface area contributed by atoms with Crippen molar-refractivity contribution in [2.45, 2.75) is 0 Å². The Labute approximate surface area is 109 Å². The molecule has 0 aromatic heterocycles. The number of allylic oxidation sites excluding steroid dienone is 1. The lowest BCUT2D eigenvalue weighted by molar-refractivity contribution is 0.105. The number of carbonyl (C=O) groups is 1. The summed E-state index contributed by atoms with van der Waals surface area (Å²) in [6.45, 7) is 3.87. The molecule has 0 N–H and O–H groups in total. The van der Waals surface area contributed by atoms with Gasteiger partial charge in [-0.05, 0) is 17.7 Å². The first-order valence-electron chi connectivity index (χ1n) is 5.23. The highest BCUT2D eigenvalue weighted by Gasteiger charge is 2.11. The summed E-state index contributed by atoms with van der Waals surface area (Å²) < 4.78 is 0.942. The van der Waals surface area contributed by atoms with Gasteiger partial charge in [0, 0.05) is 15.6 Å². The van der Waals surface area contributed by atoms with E-state index in [9.17, 15) is 4.79 Å². The Morgan fingerprint density at radius 2 is 1.59 bits per heavy atom. The minimum atomic E-state index is -0.0382. The van der Waals surface area contributed by atoms with Crippen LogP contribution in [0.3, 0.4) is 0 Å². The van der Waals surface area contributed by atoms with Crippen LogP contribution in [0.15, 0.2) is 65.6 Å². The summed E-state index contributed by atoms with van der Waals surface area (Å²) in [5.74, 6) is -0.0382. The van der Waals surface area contributed by atoms with Gasteiger partial charge in [-0.3, -0.25) is 4.79 Å². The smallest absolute Gasteiger partial charge is 0.193 e. The van der Waals surface area contributed by atoms with Crippen molar-refractivity contribution in [2.75, 3.05) is 0 Å². The molecule has 1 nitrogen and oxygen atoms in total. The van der Waals surface area contributed by atoms with Crippen molar-refractivity contribution in [1.29, 1.82) is 0 Å². The third-order valence-corrected chi connectivity index (χ3v) is 2.98. The number of ketones is 1. The van der Waals surface area contributed by atoms with Gasteiger partial charge >= 0.3 is 0 Å². The first kappa shape index (κ1) is 11.8. The van der Waals surface area contributed by atoms with Gasteiger partial charge in [-0.2, -0.15) is 0 Å². The third kappa shape index (κ3) is 2.71. The van der Waals surface area contributed by atoms with E-state index in [1.54, 1.807) is 12.1 Å². The monoisotopic (exact) mass is 286 g/mol. The predicted octanol–water partition coefficient (Wildman–Crippen LogP) is 4.35. The fourth-order valence-corrected chi connectivity index (χ4v) is 1.97. The molecule has 0 unspecified atom stereocenters. The van der Waals surface area contributed by atoms with Crippen LogP contribution in [0.2, 0.25) is 0 Å². The molecule has 0 spiro atoms. The molecule has 0 saturated heterocycles. The van der Waals surface area contributed by atoms with Crippen molar-refractivity contribution in [3.05, 3.63) is 76.8 Å². The van der Waals surface area contributed by atoms with Crippen molar-refractivity contribution in [2.24, 2.45) is 0 Å². The predicted molar refractivity (Wildman–Crippen MR) is 73.9 cm³/mol. The van der Waals surface area contributed by atoms with E-state index in [-0.39, 0.29) is 5.78 Å². The molecule has 84 valence electrons. The minimum Gasteiger partial charge on any atom is -0.289 e. The van der Waals surface area contributed by atoms with E-state index in [0.29, 0.717) is 11.1 Å². The Balaban J connectivity index is 2.30. The second-order valence-electron chi connectivity index (χ2n) is 3.68. The number of hydrogen-bond acceptors (Lipinski definition) is 1. The molecule has 2 aromatic carbocycles. The fourth-order valence-electron chi connectivity index (χ4n) is 1.57. The summed E-state index contributed by atoms with van der Waals surface area (Å²) in [4.78, 5) is 12.1. The molecule has 2 rings (SSSR count). The Hall–Kier alpha value is -1.67. The van der Waals surface area contributed by atoms with Gasteiger partial charge < -0.3 is 0 Å². The van der Waals surface area contributed by atoms with Crippen LogP contribution in [-0.2, 0) is 0 Å². The zero-order chi connectivity index (χ0) is 12.3. The Kier molecular flexibility index (Phi) is 3.55. The zero-order valence-electron chi connectivity index (χ0n) is 9.19. The van der Waals surface area contributed by atoms with Crippen molar-refractivity contribution in [3.63, 3.8) is 0 Å². The second-order valence-corrected chi connectivity index (χ2v) is 4.60. The van der Waals surface area contributed by atoms with E-state index in [1.807, 2.05) is 42.5 Å². The topological polar surface area (TPSA) is 17.1 Å². The molecule has 0 fully saturated rings. The molecule has 17 heavy (non-hydrogen) atoms. The molecule has 0 amide bonds. The maximum atomic E-state index is 12.1. The summed E-state index contributed by atoms with van der Waals surface area (Å²) >= 11 is 3.38. The van der Waals surface area contributed by atoms with Crippen LogP contribution in [0.1, 0.15) is 15.9 Å². The van der Waals surface area contributed by atoms with Crippen LogP contribution < -0.4 is 0 Å². The number of hydrogen-bond donors (Lipinski definition) is 0. The SMILES string of the molecule is C=C(C(=O)c1ccccc1)c1cccc(Br)c1. The van der Waals surface area contributed by atoms with E-state index in [0.717, 1.165) is 10.0 Å². The quantitative estimate of drug-likeness (QED) is 0.606. The number of Topliss-reactive ketones (excluding diaryl/α,β-unsaturated/α-hetero) is 1. The molecule has 0 atom stereocenters. The molecule has 0 aliphatic carbocycles. The highest BCUT2D eigenvalue weighted by molar-refractivity contribution is 9.10. The largest absolute Gasteiger partial charge is 0.289 e. The van der Waals surface area contributed by atoms with E-state index >= 15 is 0 Å². The van der Waals surface area contributed by atoms with Crippen molar-refractivity contribution in [1.82, 2.24) is 0 Å². The standard InChI is InChI=1S/C15H11BrO/c1-11(13-8-5-9-14(16)10-13)15(17)12-6-3-2-4-7-12/h2-10H,1H2. The van der Waals surface area contributed by atoms with Gasteiger partial charge in [0.1, 0.15) is 0 Å². The Morgan fingerprint density at radius 1 is 0.941 bits per heavy atom. The Morgan fingerprint density at radius 3 is 2.24 bits per heavy atom. The average Bonchev–Trinajstić information content (AvgIpc) is 2.38. The van der Waals surface area contributed by atoms with Crippen LogP contribution in [0.25, 0.3) is 5.57 Å². The van der Waals surface area contributed by atoms with Gasteiger partial charge in [-0.25, -0.2) is 0 Å². The summed E-state index contributed by atoms with van der Waals surface area (Å²) in [5.41, 5.74) is 2.02. The molecular weight excluding hydrogens is 276 g/mol. The van der Waals surface area contributed by atoms with Crippen LogP contribution in [0, 0.1) is 0 Å². The van der Waals surface area contributed by atoms with Crippen molar-refractivity contribution < 1.29 is 4.79 Å². The first-order chi connectivity index (χ1) is 8.18. The summed E-state index contributed by atoms with van der Waals surface area (Å²) in [6.07, 6.45) is 0. The zero-order valence-corrected chi connectivity index (χ0v) is 10.8. The molecule has 0 aliphatic heterocycles. The van der Waals surface area contributed by atoms with Crippen LogP contribution in [0.5, 0.6) is 0 Å². The molecule has 2 heteroatoms. The summed E-state index contributed by atoms with van der Waals surface area (Å²) in [6, 6.07) is 16.8. The Bertz CT molecular complexity index is 558. The number of carbonyl (C=O) groups excluding carboxylic acids is 1. The van der Waals surface area contributed by atoms with E-state index < -0.39 is 0 Å². The van der Waals surface area contributed by atoms with E-state index in [2.05, 4.69) is 22.5 Å². The van der Waals surface area contributed by atoms with Gasteiger partial charge in [0.25, 0.3) is 0 Å². The number of rotatable bonds is 3. The molecule has 0 aliphatic rings. The number of halogens is 1.